The number of hydrogen-bond donors (Lipinski definition) is 1. The highest BCUT2D eigenvalue weighted by atomic mass is 16.5. The van der Waals surface area contributed by atoms with Gasteiger partial charge in [0.05, 0.1) is 42.7 Å². The molecule has 9 heteroatoms. The molecule has 1 fully saturated rings. The van der Waals surface area contributed by atoms with E-state index < -0.39 is 5.41 Å². The van der Waals surface area contributed by atoms with E-state index in [1.165, 1.54) is 0 Å². The van der Waals surface area contributed by atoms with Crippen LogP contribution in [0.25, 0.3) is 11.3 Å². The molecule has 1 N–H and O–H groups in total. The van der Waals surface area contributed by atoms with Gasteiger partial charge < -0.3 is 19.7 Å². The third-order valence-corrected chi connectivity index (χ3v) is 6.41. The molecule has 2 aromatic heterocycles. The summed E-state index contributed by atoms with van der Waals surface area (Å²) in [5.41, 5.74) is 4.22. The molecule has 9 nitrogen and oxygen atoms in total. The van der Waals surface area contributed by atoms with E-state index in [4.69, 9.17) is 9.47 Å². The van der Waals surface area contributed by atoms with Crippen molar-refractivity contribution in [2.45, 2.75) is 46.1 Å². The van der Waals surface area contributed by atoms with Crippen molar-refractivity contribution in [3.63, 3.8) is 0 Å². The van der Waals surface area contributed by atoms with Crippen LogP contribution in [0.2, 0.25) is 0 Å². The maximum atomic E-state index is 13.0. The molecule has 1 amide bonds. The number of aryl methyl sites for hydroxylation is 1. The SMILES string of the molecule is CCOc1nnc(-c2cc(NC(=O)c3ccnc(C(C)(C)C#N)c3)ccc2C)cc1N1CCOC[C@H]1C. The first-order valence-corrected chi connectivity index (χ1v) is 12.4. The number of rotatable bonds is 7. The van der Waals surface area contributed by atoms with Crippen molar-refractivity contribution in [1.29, 1.82) is 5.26 Å². The summed E-state index contributed by atoms with van der Waals surface area (Å²) in [6.07, 6.45) is 1.55. The second-order valence-corrected chi connectivity index (χ2v) is 9.62. The summed E-state index contributed by atoms with van der Waals surface area (Å²) >= 11 is 0. The number of carbonyl (C=O) groups excluding carboxylic acids is 1. The molecule has 0 spiro atoms. The molecule has 0 saturated carbocycles. The zero-order valence-electron chi connectivity index (χ0n) is 21.9. The van der Waals surface area contributed by atoms with E-state index in [0.29, 0.717) is 48.3 Å². The van der Waals surface area contributed by atoms with Crippen LogP contribution in [-0.4, -0.2) is 53.5 Å². The number of carbonyl (C=O) groups is 1. The number of aromatic nitrogens is 3. The van der Waals surface area contributed by atoms with Gasteiger partial charge >= 0.3 is 0 Å². The molecule has 4 rings (SSSR count). The van der Waals surface area contributed by atoms with Crippen molar-refractivity contribution in [2.75, 3.05) is 36.6 Å². The Labute approximate surface area is 217 Å². The highest BCUT2D eigenvalue weighted by molar-refractivity contribution is 6.04. The third kappa shape index (κ3) is 5.70. The van der Waals surface area contributed by atoms with Crippen molar-refractivity contribution in [3.8, 4) is 23.2 Å². The van der Waals surface area contributed by atoms with Gasteiger partial charge in [0.1, 0.15) is 5.69 Å². The summed E-state index contributed by atoms with van der Waals surface area (Å²) in [5.74, 6) is 0.212. The minimum atomic E-state index is -0.796. The molecule has 1 aromatic carbocycles. The lowest BCUT2D eigenvalue weighted by Crippen LogP contribution is -2.44. The van der Waals surface area contributed by atoms with Gasteiger partial charge in [-0.1, -0.05) is 6.07 Å². The van der Waals surface area contributed by atoms with Gasteiger partial charge in [0.25, 0.3) is 11.8 Å². The highest BCUT2D eigenvalue weighted by Gasteiger charge is 2.25. The predicted molar refractivity (Wildman–Crippen MR) is 142 cm³/mol. The fraction of sp³-hybridized carbons (Fsp3) is 0.393. The lowest BCUT2D eigenvalue weighted by atomic mass is 9.90. The van der Waals surface area contributed by atoms with Crippen molar-refractivity contribution in [3.05, 3.63) is 59.4 Å². The Bertz CT molecular complexity index is 1330. The number of hydrogen-bond acceptors (Lipinski definition) is 8. The molecule has 3 aromatic rings. The van der Waals surface area contributed by atoms with Crippen LogP contribution in [0.5, 0.6) is 5.88 Å². The number of nitriles is 1. The Morgan fingerprint density at radius 1 is 1.27 bits per heavy atom. The zero-order valence-corrected chi connectivity index (χ0v) is 21.9. The third-order valence-electron chi connectivity index (χ3n) is 6.41. The van der Waals surface area contributed by atoms with Crippen molar-refractivity contribution >= 4 is 17.3 Å². The second kappa shape index (κ2) is 10.9. The molecule has 192 valence electrons. The van der Waals surface area contributed by atoms with E-state index in [0.717, 1.165) is 23.4 Å². The normalized spacial score (nSPS) is 15.7. The molecule has 37 heavy (non-hydrogen) atoms. The van der Waals surface area contributed by atoms with Crippen molar-refractivity contribution < 1.29 is 14.3 Å². The lowest BCUT2D eigenvalue weighted by Gasteiger charge is -2.35. The minimum absolute atomic E-state index is 0.174. The van der Waals surface area contributed by atoms with Crippen molar-refractivity contribution in [1.82, 2.24) is 15.2 Å². The summed E-state index contributed by atoms with van der Waals surface area (Å²) in [5, 5.41) is 21.2. The van der Waals surface area contributed by atoms with Gasteiger partial charge in [-0.2, -0.15) is 5.26 Å². The lowest BCUT2D eigenvalue weighted by molar-refractivity contribution is 0.0985. The molecule has 0 aliphatic carbocycles. The topological polar surface area (TPSA) is 113 Å². The van der Waals surface area contributed by atoms with Gasteiger partial charge in [0.15, 0.2) is 0 Å². The Kier molecular flexibility index (Phi) is 7.69. The second-order valence-electron chi connectivity index (χ2n) is 9.62. The number of benzene rings is 1. The fourth-order valence-electron chi connectivity index (χ4n) is 4.18. The molecular formula is C28H32N6O3. The van der Waals surface area contributed by atoms with E-state index in [1.54, 1.807) is 32.2 Å². The van der Waals surface area contributed by atoms with Crippen LogP contribution in [0.15, 0.2) is 42.6 Å². The number of anilines is 2. The molecule has 1 atom stereocenters. The molecule has 0 bridgehead atoms. The fourth-order valence-corrected chi connectivity index (χ4v) is 4.18. The molecular weight excluding hydrogens is 468 g/mol. The molecule has 1 aliphatic heterocycles. The van der Waals surface area contributed by atoms with Gasteiger partial charge in [0.2, 0.25) is 0 Å². The number of ether oxygens (including phenoxy) is 2. The Hall–Kier alpha value is -4.03. The van der Waals surface area contributed by atoms with Gasteiger partial charge in [0, 0.05) is 35.6 Å². The van der Waals surface area contributed by atoms with Gasteiger partial charge in [-0.05, 0) is 70.5 Å². The number of nitrogens with zero attached hydrogens (tertiary/aromatic N) is 5. The Balaban J connectivity index is 1.64. The van der Waals surface area contributed by atoms with Crippen LogP contribution in [0.4, 0.5) is 11.4 Å². The number of nitrogens with one attached hydrogen (secondary N) is 1. The van der Waals surface area contributed by atoms with Crippen LogP contribution in [0.3, 0.4) is 0 Å². The first-order chi connectivity index (χ1) is 17.7. The summed E-state index contributed by atoms with van der Waals surface area (Å²) in [7, 11) is 0. The average Bonchev–Trinajstić information content (AvgIpc) is 2.90. The molecule has 1 aliphatic rings. The van der Waals surface area contributed by atoms with E-state index in [-0.39, 0.29) is 11.9 Å². The van der Waals surface area contributed by atoms with Gasteiger partial charge in [-0.3, -0.25) is 9.78 Å². The summed E-state index contributed by atoms with van der Waals surface area (Å²) in [4.78, 5) is 19.5. The molecule has 0 unspecified atom stereocenters. The van der Waals surface area contributed by atoms with Gasteiger partial charge in [-0.15, -0.1) is 10.2 Å². The van der Waals surface area contributed by atoms with Crippen LogP contribution >= 0.6 is 0 Å². The average molecular weight is 501 g/mol. The summed E-state index contributed by atoms with van der Waals surface area (Å²) < 4.78 is 11.4. The van der Waals surface area contributed by atoms with E-state index in [9.17, 15) is 10.1 Å². The quantitative estimate of drug-likeness (QED) is 0.504. The van der Waals surface area contributed by atoms with E-state index >= 15 is 0 Å². The van der Waals surface area contributed by atoms with E-state index in [2.05, 4.69) is 38.4 Å². The first kappa shape index (κ1) is 26.0. The monoisotopic (exact) mass is 500 g/mol. The van der Waals surface area contributed by atoms with Gasteiger partial charge in [-0.25, -0.2) is 0 Å². The highest BCUT2D eigenvalue weighted by Crippen LogP contribution is 2.34. The standard InChI is InChI=1S/C28H32N6O3/c1-6-37-27-24(34-11-12-36-16-19(34)3)15-23(32-33-27)22-14-21(8-7-18(22)2)31-26(35)20-9-10-30-25(13-20)28(4,5)17-29/h7-10,13-15,19H,6,11-12,16H2,1-5H3,(H,31,35)/t19-/m1/s1. The smallest absolute Gasteiger partial charge is 0.257 e. The summed E-state index contributed by atoms with van der Waals surface area (Å²) in [6.45, 7) is 12.1. The van der Waals surface area contributed by atoms with Crippen LogP contribution in [0.1, 0.15) is 49.3 Å². The summed E-state index contributed by atoms with van der Waals surface area (Å²) in [6, 6.07) is 13.4. The van der Waals surface area contributed by atoms with Crippen LogP contribution in [-0.2, 0) is 10.2 Å². The Morgan fingerprint density at radius 2 is 2.08 bits per heavy atom. The zero-order chi connectivity index (χ0) is 26.6. The largest absolute Gasteiger partial charge is 0.475 e. The first-order valence-electron chi connectivity index (χ1n) is 12.4. The van der Waals surface area contributed by atoms with Crippen LogP contribution in [0, 0.1) is 18.3 Å². The number of pyridine rings is 1. The Morgan fingerprint density at radius 3 is 2.81 bits per heavy atom. The maximum absolute atomic E-state index is 13.0. The molecule has 1 saturated heterocycles. The molecule has 0 radical (unpaired) electrons. The minimum Gasteiger partial charge on any atom is -0.475 e. The predicted octanol–water partition coefficient (Wildman–Crippen LogP) is 4.52. The number of amides is 1. The molecule has 3 heterocycles. The van der Waals surface area contributed by atoms with E-state index in [1.807, 2.05) is 38.1 Å². The van der Waals surface area contributed by atoms with Crippen molar-refractivity contribution in [2.24, 2.45) is 0 Å². The van der Waals surface area contributed by atoms with Crippen LogP contribution < -0.4 is 15.0 Å². The maximum Gasteiger partial charge on any atom is 0.257 e. The number of morpholine rings is 1.